The lowest BCUT2D eigenvalue weighted by Crippen LogP contribution is -2.38. The zero-order valence-corrected chi connectivity index (χ0v) is 18.8. The Morgan fingerprint density at radius 2 is 1.97 bits per heavy atom. The summed E-state index contributed by atoms with van der Waals surface area (Å²) in [5.74, 6) is -1.67. The number of aromatic hydroxyl groups is 1. The standard InChI is InChI=1S/C24H25FN4O6/c25-16-5-3-14(4-6-16)10-15-11-18-20(27-12-15)21(30)19(22(31)28-13-17-2-1-9-35-17)23(32)29(18)8-7-26-24(33)34/h3-6,11-12,17,26,30H,1-2,7-10,13H2,(H,28,31)(H,33,34). The monoisotopic (exact) mass is 484 g/mol. The molecule has 0 saturated carbocycles. The quantitative estimate of drug-likeness (QED) is 0.383. The van der Waals surface area contributed by atoms with Gasteiger partial charge in [0.1, 0.15) is 16.9 Å². The molecule has 0 bridgehead atoms. The topological polar surface area (TPSA) is 143 Å². The summed E-state index contributed by atoms with van der Waals surface area (Å²) in [6.45, 7) is 0.611. The molecule has 11 heteroatoms. The van der Waals surface area contributed by atoms with Crippen molar-refractivity contribution >= 4 is 23.0 Å². The zero-order valence-electron chi connectivity index (χ0n) is 18.8. The first-order chi connectivity index (χ1) is 16.8. The fraction of sp³-hybridized carbons (Fsp3) is 0.333. The minimum Gasteiger partial charge on any atom is -0.505 e. The van der Waals surface area contributed by atoms with Crippen LogP contribution < -0.4 is 16.2 Å². The third-order valence-corrected chi connectivity index (χ3v) is 5.81. The van der Waals surface area contributed by atoms with Crippen LogP contribution in [0.15, 0.2) is 41.3 Å². The van der Waals surface area contributed by atoms with E-state index in [1.165, 1.54) is 22.9 Å². The normalized spacial score (nSPS) is 15.3. The predicted molar refractivity (Wildman–Crippen MR) is 124 cm³/mol. The molecule has 4 rings (SSSR count). The Hall–Kier alpha value is -3.99. The lowest BCUT2D eigenvalue weighted by atomic mass is 10.1. The van der Waals surface area contributed by atoms with Crippen LogP contribution in [0, 0.1) is 5.82 Å². The summed E-state index contributed by atoms with van der Waals surface area (Å²) >= 11 is 0. The Morgan fingerprint density at radius 1 is 1.20 bits per heavy atom. The van der Waals surface area contributed by atoms with Gasteiger partial charge in [-0.3, -0.25) is 14.6 Å². The Morgan fingerprint density at radius 3 is 2.66 bits per heavy atom. The number of hydrogen-bond donors (Lipinski definition) is 4. The van der Waals surface area contributed by atoms with E-state index in [0.717, 1.165) is 18.4 Å². The van der Waals surface area contributed by atoms with Crippen molar-refractivity contribution in [3.05, 3.63) is 69.4 Å². The van der Waals surface area contributed by atoms with E-state index in [9.17, 15) is 23.9 Å². The molecule has 184 valence electrons. The number of hydrogen-bond acceptors (Lipinski definition) is 6. The molecule has 4 N–H and O–H groups in total. The highest BCUT2D eigenvalue weighted by Gasteiger charge is 2.25. The van der Waals surface area contributed by atoms with Gasteiger partial charge in [-0.2, -0.15) is 0 Å². The van der Waals surface area contributed by atoms with Crippen LogP contribution in [-0.4, -0.2) is 57.6 Å². The SMILES string of the molecule is O=C(O)NCCn1c(=O)c(C(=O)NCC2CCCO2)c(O)c2ncc(Cc3ccc(F)cc3)cc21. The largest absolute Gasteiger partial charge is 0.505 e. The van der Waals surface area contributed by atoms with Crippen LogP contribution in [0.25, 0.3) is 11.0 Å². The fourth-order valence-corrected chi connectivity index (χ4v) is 4.08. The smallest absolute Gasteiger partial charge is 0.404 e. The van der Waals surface area contributed by atoms with Gasteiger partial charge in [0.15, 0.2) is 5.75 Å². The van der Waals surface area contributed by atoms with E-state index in [-0.39, 0.29) is 42.6 Å². The van der Waals surface area contributed by atoms with Crippen molar-refractivity contribution < 1.29 is 28.9 Å². The molecule has 1 unspecified atom stereocenters. The van der Waals surface area contributed by atoms with Gasteiger partial charge in [0.25, 0.3) is 11.5 Å². The molecule has 1 atom stereocenters. The number of rotatable bonds is 8. The molecular formula is C24H25FN4O6. The summed E-state index contributed by atoms with van der Waals surface area (Å²) in [6, 6.07) is 7.57. The molecule has 1 fully saturated rings. The molecule has 3 aromatic rings. The minimum atomic E-state index is -1.26. The van der Waals surface area contributed by atoms with E-state index in [1.807, 2.05) is 0 Å². The van der Waals surface area contributed by atoms with Gasteiger partial charge < -0.3 is 30.2 Å². The van der Waals surface area contributed by atoms with Gasteiger partial charge in [-0.1, -0.05) is 12.1 Å². The lowest BCUT2D eigenvalue weighted by Gasteiger charge is -2.16. The Labute approximate surface area is 199 Å². The van der Waals surface area contributed by atoms with E-state index in [4.69, 9.17) is 9.84 Å². The molecule has 2 aromatic heterocycles. The van der Waals surface area contributed by atoms with Crippen molar-refractivity contribution in [3.8, 4) is 5.75 Å². The lowest BCUT2D eigenvalue weighted by molar-refractivity contribution is 0.0854. The maximum Gasteiger partial charge on any atom is 0.404 e. The number of ether oxygens (including phenoxy) is 1. The van der Waals surface area contributed by atoms with Gasteiger partial charge >= 0.3 is 6.09 Å². The van der Waals surface area contributed by atoms with Crippen molar-refractivity contribution in [1.82, 2.24) is 20.2 Å². The number of fused-ring (bicyclic) bond motifs is 1. The molecule has 35 heavy (non-hydrogen) atoms. The van der Waals surface area contributed by atoms with Crippen molar-refractivity contribution in [2.75, 3.05) is 19.7 Å². The first-order valence-corrected chi connectivity index (χ1v) is 11.2. The summed E-state index contributed by atoms with van der Waals surface area (Å²) in [4.78, 5) is 41.3. The second-order valence-corrected chi connectivity index (χ2v) is 8.27. The Balaban J connectivity index is 1.71. The van der Waals surface area contributed by atoms with Crippen LogP contribution in [0.3, 0.4) is 0 Å². The van der Waals surface area contributed by atoms with Crippen LogP contribution in [0.1, 0.15) is 34.3 Å². The van der Waals surface area contributed by atoms with E-state index in [2.05, 4.69) is 15.6 Å². The first-order valence-electron chi connectivity index (χ1n) is 11.2. The van der Waals surface area contributed by atoms with Crippen molar-refractivity contribution in [3.63, 3.8) is 0 Å². The predicted octanol–water partition coefficient (Wildman–Crippen LogP) is 2.01. The molecule has 1 aromatic carbocycles. The molecule has 1 aliphatic rings. The number of pyridine rings is 2. The zero-order chi connectivity index (χ0) is 24.9. The van der Waals surface area contributed by atoms with Gasteiger partial charge in [0, 0.05) is 32.4 Å². The third-order valence-electron chi connectivity index (χ3n) is 5.81. The molecule has 0 radical (unpaired) electrons. The number of carboxylic acid groups (broad SMARTS) is 1. The van der Waals surface area contributed by atoms with Gasteiger partial charge in [0.05, 0.1) is 11.6 Å². The van der Waals surface area contributed by atoms with E-state index >= 15 is 0 Å². The molecule has 10 nitrogen and oxygen atoms in total. The maximum atomic E-state index is 13.3. The molecule has 3 heterocycles. The Bertz CT molecular complexity index is 1300. The second-order valence-electron chi connectivity index (χ2n) is 8.27. The molecule has 0 spiro atoms. The fourth-order valence-electron chi connectivity index (χ4n) is 4.08. The molecule has 0 aliphatic carbocycles. The summed E-state index contributed by atoms with van der Waals surface area (Å²) in [7, 11) is 0. The second kappa shape index (κ2) is 10.5. The molecule has 2 amide bonds. The van der Waals surface area contributed by atoms with E-state index in [1.54, 1.807) is 18.2 Å². The Kier molecular flexibility index (Phi) is 7.25. The number of amides is 2. The first kappa shape index (κ1) is 24.1. The van der Waals surface area contributed by atoms with Crippen molar-refractivity contribution in [2.45, 2.75) is 31.9 Å². The van der Waals surface area contributed by atoms with Crippen LogP contribution >= 0.6 is 0 Å². The number of carbonyl (C=O) groups excluding carboxylic acids is 1. The van der Waals surface area contributed by atoms with Crippen LogP contribution in [0.4, 0.5) is 9.18 Å². The maximum absolute atomic E-state index is 13.3. The van der Waals surface area contributed by atoms with Crippen LogP contribution in [0.5, 0.6) is 5.75 Å². The van der Waals surface area contributed by atoms with Gasteiger partial charge in [-0.25, -0.2) is 9.18 Å². The summed E-state index contributed by atoms with van der Waals surface area (Å²) < 4.78 is 19.9. The number of aromatic nitrogens is 2. The number of nitrogens with zero attached hydrogens (tertiary/aromatic N) is 2. The van der Waals surface area contributed by atoms with E-state index in [0.29, 0.717) is 18.6 Å². The summed E-state index contributed by atoms with van der Waals surface area (Å²) in [5, 5.41) is 24.6. The van der Waals surface area contributed by atoms with Crippen molar-refractivity contribution in [1.29, 1.82) is 0 Å². The van der Waals surface area contributed by atoms with Crippen LogP contribution in [0.2, 0.25) is 0 Å². The third kappa shape index (κ3) is 5.57. The highest BCUT2D eigenvalue weighted by Crippen LogP contribution is 2.26. The summed E-state index contributed by atoms with van der Waals surface area (Å²) in [5.41, 5.74) is 0.527. The average molecular weight is 484 g/mol. The molecule has 1 saturated heterocycles. The number of carbonyl (C=O) groups is 2. The average Bonchev–Trinajstić information content (AvgIpc) is 3.35. The summed E-state index contributed by atoms with van der Waals surface area (Å²) in [6.07, 6.45) is 2.14. The van der Waals surface area contributed by atoms with Gasteiger partial charge in [0.2, 0.25) is 0 Å². The molecular weight excluding hydrogens is 459 g/mol. The highest BCUT2D eigenvalue weighted by molar-refractivity contribution is 6.01. The number of benzene rings is 1. The number of halogens is 1. The van der Waals surface area contributed by atoms with E-state index < -0.39 is 28.9 Å². The molecule has 1 aliphatic heterocycles. The van der Waals surface area contributed by atoms with Crippen molar-refractivity contribution in [2.24, 2.45) is 0 Å². The van der Waals surface area contributed by atoms with Crippen LogP contribution in [-0.2, 0) is 17.7 Å². The number of nitrogens with one attached hydrogen (secondary N) is 2. The van der Waals surface area contributed by atoms with Gasteiger partial charge in [-0.05, 0) is 48.6 Å². The van der Waals surface area contributed by atoms with Gasteiger partial charge in [-0.15, -0.1) is 0 Å². The highest BCUT2D eigenvalue weighted by atomic mass is 19.1. The minimum absolute atomic E-state index is 0.0325.